The molecule has 9 heteroatoms. The molecule has 2 aromatic rings. The highest BCUT2D eigenvalue weighted by molar-refractivity contribution is 9.10. The molecular formula is C11H10BrF3N4O. The van der Waals surface area contributed by atoms with Gasteiger partial charge < -0.3 is 4.74 Å². The number of hydrogen-bond donors (Lipinski definition) is 2. The lowest BCUT2D eigenvalue weighted by molar-refractivity contribution is 0.462. The summed E-state index contributed by atoms with van der Waals surface area (Å²) in [5.41, 5.74) is 0.150. The van der Waals surface area contributed by atoms with E-state index >= 15 is 0 Å². The monoisotopic (exact) mass is 350 g/mol. The summed E-state index contributed by atoms with van der Waals surface area (Å²) < 4.78 is 41.5. The van der Waals surface area contributed by atoms with E-state index in [0.717, 1.165) is 0 Å². The van der Waals surface area contributed by atoms with Crippen LogP contribution in [0.5, 0.6) is 0 Å². The highest BCUT2D eigenvalue weighted by atomic mass is 79.9. The van der Waals surface area contributed by atoms with Crippen molar-refractivity contribution in [3.05, 3.63) is 34.4 Å². The van der Waals surface area contributed by atoms with Crippen molar-refractivity contribution in [2.45, 2.75) is 0 Å². The molecule has 2 aromatic heterocycles. The van der Waals surface area contributed by atoms with Crippen molar-refractivity contribution >= 4 is 33.4 Å². The maximum Gasteiger partial charge on any atom is 0.239 e. The maximum atomic E-state index is 13.5. The molecule has 0 fully saturated rings. The van der Waals surface area contributed by atoms with E-state index < -0.39 is 24.3 Å². The van der Waals surface area contributed by atoms with Gasteiger partial charge >= 0.3 is 0 Å². The lowest BCUT2D eigenvalue weighted by atomic mass is 10.4. The van der Waals surface area contributed by atoms with Gasteiger partial charge in [-0.25, -0.2) is 13.8 Å². The molecule has 0 aliphatic rings. The van der Waals surface area contributed by atoms with E-state index in [1.165, 1.54) is 22.9 Å². The fourth-order valence-corrected chi connectivity index (χ4v) is 1.79. The van der Waals surface area contributed by atoms with Gasteiger partial charge in [0.15, 0.2) is 18.1 Å². The molecule has 0 unspecified atom stereocenters. The Labute approximate surface area is 120 Å². The third-order valence-corrected chi connectivity index (χ3v) is 2.54. The van der Waals surface area contributed by atoms with Gasteiger partial charge in [-0.2, -0.15) is 0 Å². The second kappa shape index (κ2) is 7.04. The van der Waals surface area contributed by atoms with Crippen molar-refractivity contribution in [2.75, 3.05) is 13.9 Å². The van der Waals surface area contributed by atoms with E-state index in [0.29, 0.717) is 11.7 Å². The Bertz CT molecular complexity index is 644. The standard InChI is InChI=1S/C10H7BrF2N4O.CH3F/c11-5-1-6(13)10-16-3-7(17(10)4-5)9(15)18-8(14)2-12;1-2/h1,3-4,14-15H,2H2;1H3. The van der Waals surface area contributed by atoms with Crippen LogP contribution < -0.4 is 0 Å². The van der Waals surface area contributed by atoms with Crippen molar-refractivity contribution < 1.29 is 17.9 Å². The van der Waals surface area contributed by atoms with Crippen LogP contribution in [0.1, 0.15) is 5.69 Å². The molecule has 0 amide bonds. The largest absolute Gasteiger partial charge is 0.421 e. The Kier molecular flexibility index (Phi) is 5.68. The highest BCUT2D eigenvalue weighted by Crippen LogP contribution is 2.18. The van der Waals surface area contributed by atoms with Gasteiger partial charge in [0.25, 0.3) is 0 Å². The lowest BCUT2D eigenvalue weighted by Gasteiger charge is -2.05. The average Bonchev–Trinajstić information content (AvgIpc) is 2.84. The van der Waals surface area contributed by atoms with Crippen LogP contribution in [0.15, 0.2) is 22.9 Å². The van der Waals surface area contributed by atoms with Crippen LogP contribution in [0.2, 0.25) is 0 Å². The van der Waals surface area contributed by atoms with E-state index in [4.69, 9.17) is 10.8 Å². The van der Waals surface area contributed by atoms with Gasteiger partial charge in [0.1, 0.15) is 5.69 Å². The Hall–Kier alpha value is -1.90. The molecule has 0 aromatic carbocycles. The first-order valence-corrected chi connectivity index (χ1v) is 5.92. The lowest BCUT2D eigenvalue weighted by Crippen LogP contribution is -2.15. The van der Waals surface area contributed by atoms with Crippen LogP contribution in [0.3, 0.4) is 0 Å². The Balaban J connectivity index is 0.000000956. The van der Waals surface area contributed by atoms with Gasteiger partial charge in [0.05, 0.1) is 13.4 Å². The molecule has 0 saturated carbocycles. The molecule has 0 aliphatic carbocycles. The fraction of sp³-hybridized carbons (Fsp3) is 0.182. The Morgan fingerprint density at radius 1 is 1.45 bits per heavy atom. The Morgan fingerprint density at radius 2 is 2.10 bits per heavy atom. The molecule has 0 radical (unpaired) electrons. The quantitative estimate of drug-likeness (QED) is 0.645. The van der Waals surface area contributed by atoms with Crippen molar-refractivity contribution in [1.29, 1.82) is 10.8 Å². The molecule has 5 nitrogen and oxygen atoms in total. The molecule has 0 aliphatic heterocycles. The SMILES string of the molecule is CF.N=C(CF)OC(=N)c1cnc2c(F)cc(Br)cn12. The molecule has 0 spiro atoms. The van der Waals surface area contributed by atoms with Gasteiger partial charge in [0.2, 0.25) is 11.8 Å². The summed E-state index contributed by atoms with van der Waals surface area (Å²) in [5.74, 6) is -1.72. The highest BCUT2D eigenvalue weighted by Gasteiger charge is 2.15. The number of nitrogens with one attached hydrogen (secondary N) is 2. The van der Waals surface area contributed by atoms with Gasteiger partial charge in [0, 0.05) is 10.7 Å². The topological polar surface area (TPSA) is 74.2 Å². The van der Waals surface area contributed by atoms with E-state index in [2.05, 4.69) is 25.7 Å². The zero-order valence-electron chi connectivity index (χ0n) is 10.3. The summed E-state index contributed by atoms with van der Waals surface area (Å²) >= 11 is 3.11. The minimum atomic E-state index is -1.11. The molecule has 0 saturated heterocycles. The van der Waals surface area contributed by atoms with E-state index in [1.54, 1.807) is 0 Å². The number of pyridine rings is 1. The van der Waals surface area contributed by atoms with E-state index in [-0.39, 0.29) is 11.3 Å². The summed E-state index contributed by atoms with van der Waals surface area (Å²) in [6, 6.07) is 1.24. The van der Waals surface area contributed by atoms with Gasteiger partial charge in [-0.05, 0) is 22.0 Å². The third-order valence-electron chi connectivity index (χ3n) is 2.11. The normalized spacial score (nSPS) is 9.85. The zero-order valence-corrected chi connectivity index (χ0v) is 11.8. The van der Waals surface area contributed by atoms with Crippen molar-refractivity contribution in [1.82, 2.24) is 9.38 Å². The number of alkyl halides is 2. The first-order valence-electron chi connectivity index (χ1n) is 5.13. The minimum Gasteiger partial charge on any atom is -0.421 e. The van der Waals surface area contributed by atoms with E-state index in [1.807, 2.05) is 0 Å². The van der Waals surface area contributed by atoms with Crippen LogP contribution in [0.4, 0.5) is 13.2 Å². The number of aromatic nitrogens is 2. The predicted molar refractivity (Wildman–Crippen MR) is 71.5 cm³/mol. The number of imidazole rings is 1. The number of hydrogen-bond acceptors (Lipinski definition) is 4. The van der Waals surface area contributed by atoms with Gasteiger partial charge in [-0.15, -0.1) is 0 Å². The molecule has 0 atom stereocenters. The summed E-state index contributed by atoms with van der Waals surface area (Å²) in [6.45, 7) is -1.11. The van der Waals surface area contributed by atoms with Crippen LogP contribution in [-0.2, 0) is 4.74 Å². The second-order valence-corrected chi connectivity index (χ2v) is 4.25. The minimum absolute atomic E-state index is 0.0216. The summed E-state index contributed by atoms with van der Waals surface area (Å²) in [7, 11) is 0.500. The average molecular weight is 351 g/mol. The number of halogens is 4. The molecule has 20 heavy (non-hydrogen) atoms. The first-order chi connectivity index (χ1) is 9.52. The maximum absolute atomic E-state index is 13.5. The van der Waals surface area contributed by atoms with Gasteiger partial charge in [-0.1, -0.05) is 0 Å². The van der Waals surface area contributed by atoms with Crippen molar-refractivity contribution in [3.63, 3.8) is 0 Å². The Morgan fingerprint density at radius 3 is 2.70 bits per heavy atom. The van der Waals surface area contributed by atoms with Crippen LogP contribution in [0.25, 0.3) is 5.65 Å². The second-order valence-electron chi connectivity index (χ2n) is 3.33. The van der Waals surface area contributed by atoms with Gasteiger partial charge in [-0.3, -0.25) is 19.6 Å². The van der Waals surface area contributed by atoms with Crippen molar-refractivity contribution in [3.8, 4) is 0 Å². The number of fused-ring (bicyclic) bond motifs is 1. The predicted octanol–water partition coefficient (Wildman–Crippen LogP) is 3.11. The zero-order chi connectivity index (χ0) is 15.3. The van der Waals surface area contributed by atoms with Crippen LogP contribution >= 0.6 is 15.9 Å². The first kappa shape index (κ1) is 16.2. The fourth-order valence-electron chi connectivity index (χ4n) is 1.39. The molecule has 0 bridgehead atoms. The van der Waals surface area contributed by atoms with Crippen LogP contribution in [-0.4, -0.2) is 35.0 Å². The third kappa shape index (κ3) is 3.35. The molecular weight excluding hydrogens is 341 g/mol. The van der Waals surface area contributed by atoms with Crippen LogP contribution in [0, 0.1) is 16.6 Å². The smallest absolute Gasteiger partial charge is 0.239 e. The van der Waals surface area contributed by atoms with E-state index in [9.17, 15) is 13.2 Å². The number of rotatable bonds is 2. The summed E-state index contributed by atoms with van der Waals surface area (Å²) in [5, 5.41) is 14.6. The molecule has 108 valence electrons. The molecule has 2 N–H and O–H groups in total. The number of ether oxygens (including phenoxy) is 1. The summed E-state index contributed by atoms with van der Waals surface area (Å²) in [6.07, 6.45) is 2.72. The summed E-state index contributed by atoms with van der Waals surface area (Å²) in [4.78, 5) is 3.80. The van der Waals surface area contributed by atoms with Crippen molar-refractivity contribution in [2.24, 2.45) is 0 Å². The molecule has 2 heterocycles. The molecule has 2 rings (SSSR count). The number of nitrogens with zero attached hydrogens (tertiary/aromatic N) is 2.